The van der Waals surface area contributed by atoms with Gasteiger partial charge in [0.05, 0.1) is 19.0 Å². The number of carbonyl (C=O) groups excluding carboxylic acids is 2. The quantitative estimate of drug-likeness (QED) is 0.323. The summed E-state index contributed by atoms with van der Waals surface area (Å²) < 4.78 is 5.63. The zero-order valence-electron chi connectivity index (χ0n) is 25.1. The molecule has 3 amide bonds. The highest BCUT2D eigenvalue weighted by atomic mass is 16.5. The van der Waals surface area contributed by atoms with E-state index in [2.05, 4.69) is 30.7 Å². The van der Waals surface area contributed by atoms with Crippen molar-refractivity contribution in [3.05, 3.63) is 30.0 Å². The van der Waals surface area contributed by atoms with Crippen LogP contribution in [0.5, 0.6) is 5.75 Å². The molecule has 2 aromatic rings. The number of piperidine rings is 1. The molecule has 1 aromatic carbocycles. The van der Waals surface area contributed by atoms with E-state index in [-0.39, 0.29) is 29.9 Å². The number of benzene rings is 1. The van der Waals surface area contributed by atoms with Crippen LogP contribution in [-0.4, -0.2) is 96.3 Å². The van der Waals surface area contributed by atoms with Crippen molar-refractivity contribution in [3.8, 4) is 5.75 Å². The summed E-state index contributed by atoms with van der Waals surface area (Å²) in [4.78, 5) is 52.4. The first-order chi connectivity index (χ1) is 20.8. The Kier molecular flexibility index (Phi) is 9.49. The Balaban J connectivity index is 1.26. The second-order valence-electron chi connectivity index (χ2n) is 11.4. The van der Waals surface area contributed by atoms with Gasteiger partial charge >= 0.3 is 6.09 Å². The number of nitrogens with zero attached hydrogens (tertiary/aromatic N) is 5. The molecule has 0 radical (unpaired) electrons. The van der Waals surface area contributed by atoms with Crippen LogP contribution < -0.4 is 30.5 Å². The van der Waals surface area contributed by atoms with Gasteiger partial charge in [0.25, 0.3) is 5.91 Å². The molecule has 43 heavy (non-hydrogen) atoms. The lowest BCUT2D eigenvalue weighted by atomic mass is 10.0. The van der Waals surface area contributed by atoms with E-state index in [9.17, 15) is 14.4 Å². The van der Waals surface area contributed by atoms with Crippen molar-refractivity contribution in [1.82, 2.24) is 25.5 Å². The molecular formula is C30H42N8O5. The van der Waals surface area contributed by atoms with Crippen LogP contribution >= 0.6 is 0 Å². The van der Waals surface area contributed by atoms with E-state index >= 15 is 0 Å². The monoisotopic (exact) mass is 594 g/mol. The van der Waals surface area contributed by atoms with Gasteiger partial charge in [-0.1, -0.05) is 19.8 Å². The predicted molar refractivity (Wildman–Crippen MR) is 163 cm³/mol. The molecule has 0 spiro atoms. The molecule has 2 aliphatic heterocycles. The molecule has 1 saturated carbocycles. The first-order valence-electron chi connectivity index (χ1n) is 15.2. The summed E-state index contributed by atoms with van der Waals surface area (Å²) in [6, 6.07) is 5.30. The van der Waals surface area contributed by atoms with Crippen LogP contribution in [0.2, 0.25) is 0 Å². The van der Waals surface area contributed by atoms with E-state index in [1.807, 2.05) is 6.92 Å². The third-order valence-corrected chi connectivity index (χ3v) is 8.75. The number of fused-ring (bicyclic) bond motifs is 1. The van der Waals surface area contributed by atoms with Crippen LogP contribution in [0, 0.1) is 0 Å². The second-order valence-corrected chi connectivity index (χ2v) is 11.4. The van der Waals surface area contributed by atoms with Crippen LogP contribution in [0.4, 0.5) is 27.9 Å². The maximum Gasteiger partial charge on any atom is 0.404 e. The number of methoxy groups -OCH3 is 1. The summed E-state index contributed by atoms with van der Waals surface area (Å²) in [5.74, 6) is 1.53. The van der Waals surface area contributed by atoms with E-state index in [1.165, 1.54) is 0 Å². The van der Waals surface area contributed by atoms with Crippen molar-refractivity contribution in [2.45, 2.75) is 70.0 Å². The topological polar surface area (TPSA) is 152 Å². The highest BCUT2D eigenvalue weighted by molar-refractivity contribution is 6.04. The number of carbonyl (C=O) groups is 3. The van der Waals surface area contributed by atoms with Gasteiger partial charge in [-0.05, 0) is 50.3 Å². The fourth-order valence-corrected chi connectivity index (χ4v) is 6.39. The van der Waals surface area contributed by atoms with Crippen molar-refractivity contribution in [2.24, 2.45) is 0 Å². The van der Waals surface area contributed by atoms with Gasteiger partial charge in [0, 0.05) is 50.9 Å². The molecule has 1 saturated heterocycles. The van der Waals surface area contributed by atoms with E-state index in [0.717, 1.165) is 57.4 Å². The minimum absolute atomic E-state index is 0.0450. The Labute approximate surface area is 252 Å². The van der Waals surface area contributed by atoms with Crippen molar-refractivity contribution in [2.75, 3.05) is 55.5 Å². The molecule has 3 aliphatic rings. The molecule has 0 bridgehead atoms. The van der Waals surface area contributed by atoms with Gasteiger partial charge in [-0.2, -0.15) is 4.98 Å². The number of likely N-dealkylation sites (tertiary alicyclic amines) is 1. The number of ether oxygens (including phenoxy) is 1. The van der Waals surface area contributed by atoms with E-state index in [4.69, 9.17) is 14.8 Å². The third kappa shape index (κ3) is 6.76. The lowest BCUT2D eigenvalue weighted by molar-refractivity contribution is -0.120. The number of rotatable bonds is 10. The van der Waals surface area contributed by atoms with Gasteiger partial charge in [-0.3, -0.25) is 9.59 Å². The number of hydrogen-bond acceptors (Lipinski definition) is 9. The van der Waals surface area contributed by atoms with Crippen molar-refractivity contribution in [1.29, 1.82) is 0 Å². The Morgan fingerprint density at radius 1 is 1.14 bits per heavy atom. The minimum atomic E-state index is -1.02. The Morgan fingerprint density at radius 2 is 1.88 bits per heavy atom. The van der Waals surface area contributed by atoms with E-state index < -0.39 is 6.09 Å². The molecule has 1 aromatic heterocycles. The fourth-order valence-electron chi connectivity index (χ4n) is 6.39. The summed E-state index contributed by atoms with van der Waals surface area (Å²) in [6.07, 6.45) is 7.35. The van der Waals surface area contributed by atoms with Crippen molar-refractivity contribution >= 4 is 41.0 Å². The van der Waals surface area contributed by atoms with Crippen LogP contribution in [0.15, 0.2) is 24.4 Å². The molecule has 2 fully saturated rings. The highest BCUT2D eigenvalue weighted by Crippen LogP contribution is 2.40. The van der Waals surface area contributed by atoms with Crippen molar-refractivity contribution < 1.29 is 24.2 Å². The zero-order valence-corrected chi connectivity index (χ0v) is 25.1. The Morgan fingerprint density at radius 3 is 2.56 bits per heavy atom. The van der Waals surface area contributed by atoms with Crippen LogP contribution in [0.1, 0.15) is 62.2 Å². The molecule has 4 N–H and O–H groups in total. The number of carboxylic acid groups (broad SMARTS) is 1. The number of aromatic nitrogens is 2. The maximum atomic E-state index is 13.2. The normalized spacial score (nSPS) is 19.7. The summed E-state index contributed by atoms with van der Waals surface area (Å²) in [5, 5.41) is 17.5. The van der Waals surface area contributed by atoms with Gasteiger partial charge in [0.2, 0.25) is 11.9 Å². The van der Waals surface area contributed by atoms with Crippen LogP contribution in [0.3, 0.4) is 0 Å². The van der Waals surface area contributed by atoms with Gasteiger partial charge in [-0.15, -0.1) is 0 Å². The van der Waals surface area contributed by atoms with E-state index in [1.54, 1.807) is 43.5 Å². The summed E-state index contributed by atoms with van der Waals surface area (Å²) >= 11 is 0. The molecule has 5 rings (SSSR count). The average Bonchev–Trinajstić information content (AvgIpc) is 3.54. The van der Waals surface area contributed by atoms with E-state index in [0.29, 0.717) is 48.1 Å². The Hall–Kier alpha value is -4.13. The molecule has 13 heteroatoms. The number of amides is 3. The molecule has 232 valence electrons. The summed E-state index contributed by atoms with van der Waals surface area (Å²) in [7, 11) is 3.33. The van der Waals surface area contributed by atoms with Crippen molar-refractivity contribution in [3.63, 3.8) is 0 Å². The summed E-state index contributed by atoms with van der Waals surface area (Å²) in [5.41, 5.74) is 1.82. The minimum Gasteiger partial charge on any atom is -0.495 e. The largest absolute Gasteiger partial charge is 0.495 e. The lowest BCUT2D eigenvalue weighted by Gasteiger charge is -2.43. The average molecular weight is 595 g/mol. The van der Waals surface area contributed by atoms with Gasteiger partial charge in [0.15, 0.2) is 5.82 Å². The second kappa shape index (κ2) is 13.4. The lowest BCUT2D eigenvalue weighted by Crippen LogP contribution is -2.55. The fraction of sp³-hybridized carbons (Fsp3) is 0.567. The number of likely N-dealkylation sites (N-methyl/N-ethyl adjacent to an activating group) is 1. The molecular weight excluding hydrogens is 552 g/mol. The van der Waals surface area contributed by atoms with Gasteiger partial charge < -0.3 is 40.5 Å². The molecule has 1 atom stereocenters. The number of hydrogen-bond donors (Lipinski definition) is 4. The molecule has 0 unspecified atom stereocenters. The predicted octanol–water partition coefficient (Wildman–Crippen LogP) is 3.19. The summed E-state index contributed by atoms with van der Waals surface area (Å²) in [6.45, 7) is 4.66. The number of nitrogens with one attached hydrogen (secondary N) is 3. The first kappa shape index (κ1) is 30.3. The Bertz CT molecular complexity index is 1330. The third-order valence-electron chi connectivity index (χ3n) is 8.75. The van der Waals surface area contributed by atoms with Gasteiger partial charge in [0.1, 0.15) is 17.5 Å². The SMILES string of the molecule is CC[C@@H]1C(=O)N(C)c2cnc(Nc3ccc(C(=O)NC4CCN(CCNC(=O)O)CC4)cc3OC)nc2N1C1CCCC1. The zero-order chi connectivity index (χ0) is 30.5. The van der Waals surface area contributed by atoms with Crippen LogP contribution in [0.25, 0.3) is 0 Å². The molecule has 3 heterocycles. The standard InChI is InChI=1S/C30H42N8O5/c1-4-23-28(40)36(2)24-18-32-29(35-26(24)38(23)21-7-5-6-8-21)34-22-10-9-19(17-25(22)43-3)27(39)33-20-11-14-37(15-12-20)16-13-31-30(41)42/h9-10,17-18,20-21,23,31H,4-8,11-16H2,1-3H3,(H,33,39)(H,41,42)(H,32,34,35)/t23-/m1/s1. The molecule has 1 aliphatic carbocycles. The van der Waals surface area contributed by atoms with Gasteiger partial charge in [-0.25, -0.2) is 9.78 Å². The maximum absolute atomic E-state index is 13.2. The van der Waals surface area contributed by atoms with Crippen LogP contribution in [-0.2, 0) is 4.79 Å². The first-order valence-corrected chi connectivity index (χ1v) is 15.2. The number of anilines is 4. The highest BCUT2D eigenvalue weighted by Gasteiger charge is 2.41. The molecule has 13 nitrogen and oxygen atoms in total. The smallest absolute Gasteiger partial charge is 0.404 e.